The summed E-state index contributed by atoms with van der Waals surface area (Å²) in [5.41, 5.74) is 0.631. The SMILES string of the molecule is O=C([C@@H]1CCCN1C(=O)c1ccc(SCCO)cc1)N1CCCCC1. The molecule has 1 N–H and O–H groups in total. The molecule has 0 bridgehead atoms. The molecule has 0 radical (unpaired) electrons. The molecule has 2 amide bonds. The van der Waals surface area contributed by atoms with E-state index < -0.39 is 0 Å². The highest BCUT2D eigenvalue weighted by Gasteiger charge is 2.37. The van der Waals surface area contributed by atoms with Crippen molar-refractivity contribution in [1.82, 2.24) is 9.80 Å². The summed E-state index contributed by atoms with van der Waals surface area (Å²) in [6, 6.07) is 7.16. The Morgan fingerprint density at radius 3 is 2.44 bits per heavy atom. The fraction of sp³-hybridized carbons (Fsp3) is 0.579. The van der Waals surface area contributed by atoms with Gasteiger partial charge in [0.2, 0.25) is 5.91 Å². The summed E-state index contributed by atoms with van der Waals surface area (Å²) >= 11 is 1.56. The summed E-state index contributed by atoms with van der Waals surface area (Å²) < 4.78 is 0. The van der Waals surface area contributed by atoms with Gasteiger partial charge in [-0.3, -0.25) is 9.59 Å². The summed E-state index contributed by atoms with van der Waals surface area (Å²) in [7, 11) is 0. The van der Waals surface area contributed by atoms with E-state index in [-0.39, 0.29) is 24.5 Å². The second-order valence-electron chi connectivity index (χ2n) is 6.64. The number of likely N-dealkylation sites (tertiary alicyclic amines) is 2. The molecule has 1 atom stereocenters. The number of hydrogen-bond acceptors (Lipinski definition) is 4. The van der Waals surface area contributed by atoms with Crippen molar-refractivity contribution in [2.24, 2.45) is 0 Å². The number of thioether (sulfide) groups is 1. The van der Waals surface area contributed by atoms with Crippen LogP contribution in [0, 0.1) is 0 Å². The minimum absolute atomic E-state index is 0.0495. The smallest absolute Gasteiger partial charge is 0.254 e. The van der Waals surface area contributed by atoms with Crippen molar-refractivity contribution < 1.29 is 14.7 Å². The number of benzene rings is 1. The van der Waals surface area contributed by atoms with E-state index in [4.69, 9.17) is 5.11 Å². The lowest BCUT2D eigenvalue weighted by molar-refractivity contribution is -0.136. The van der Waals surface area contributed by atoms with E-state index in [0.717, 1.165) is 43.7 Å². The lowest BCUT2D eigenvalue weighted by atomic mass is 10.1. The highest BCUT2D eigenvalue weighted by Crippen LogP contribution is 2.25. The van der Waals surface area contributed by atoms with E-state index in [1.807, 2.05) is 29.2 Å². The summed E-state index contributed by atoms with van der Waals surface area (Å²) in [5, 5.41) is 8.89. The van der Waals surface area contributed by atoms with Crippen molar-refractivity contribution in [2.45, 2.75) is 43.0 Å². The summed E-state index contributed by atoms with van der Waals surface area (Å²) in [6.45, 7) is 2.45. The van der Waals surface area contributed by atoms with Crippen LogP contribution >= 0.6 is 11.8 Å². The third-order valence-corrected chi connectivity index (χ3v) is 5.92. The van der Waals surface area contributed by atoms with Gasteiger partial charge in [-0.25, -0.2) is 0 Å². The summed E-state index contributed by atoms with van der Waals surface area (Å²) in [4.78, 5) is 30.4. The first kappa shape index (κ1) is 18.3. The van der Waals surface area contributed by atoms with Gasteiger partial charge in [0, 0.05) is 35.8 Å². The van der Waals surface area contributed by atoms with Crippen LogP contribution in [0.3, 0.4) is 0 Å². The first-order valence-corrected chi connectivity index (χ1v) is 10.1. The van der Waals surface area contributed by atoms with Crippen molar-refractivity contribution in [1.29, 1.82) is 0 Å². The summed E-state index contributed by atoms with van der Waals surface area (Å²) in [5.74, 6) is 0.721. The molecule has 0 aliphatic carbocycles. The molecule has 1 aromatic carbocycles. The van der Waals surface area contributed by atoms with E-state index in [9.17, 15) is 9.59 Å². The Bertz CT molecular complexity index is 599. The van der Waals surface area contributed by atoms with Crippen LogP contribution in [-0.4, -0.2) is 64.8 Å². The maximum Gasteiger partial charge on any atom is 0.254 e. The number of carbonyl (C=O) groups is 2. The van der Waals surface area contributed by atoms with Gasteiger partial charge < -0.3 is 14.9 Å². The molecule has 5 nitrogen and oxygen atoms in total. The zero-order valence-electron chi connectivity index (χ0n) is 14.5. The number of piperidine rings is 1. The Hall–Kier alpha value is -1.53. The van der Waals surface area contributed by atoms with Gasteiger partial charge in [0.25, 0.3) is 5.91 Å². The number of nitrogens with zero attached hydrogens (tertiary/aromatic N) is 2. The molecule has 2 aliphatic rings. The Morgan fingerprint density at radius 1 is 1.04 bits per heavy atom. The number of hydrogen-bond donors (Lipinski definition) is 1. The van der Waals surface area contributed by atoms with Gasteiger partial charge in [0.15, 0.2) is 0 Å². The molecule has 0 saturated carbocycles. The van der Waals surface area contributed by atoms with Gasteiger partial charge >= 0.3 is 0 Å². The van der Waals surface area contributed by atoms with Gasteiger partial charge in [-0.15, -0.1) is 11.8 Å². The molecule has 136 valence electrons. The second-order valence-corrected chi connectivity index (χ2v) is 7.81. The average molecular weight is 362 g/mol. The van der Waals surface area contributed by atoms with Crippen molar-refractivity contribution in [3.63, 3.8) is 0 Å². The molecule has 1 aromatic rings. The minimum atomic E-state index is -0.297. The highest BCUT2D eigenvalue weighted by molar-refractivity contribution is 7.99. The fourth-order valence-electron chi connectivity index (χ4n) is 3.61. The molecule has 2 saturated heterocycles. The number of aliphatic hydroxyl groups excluding tert-OH is 1. The van der Waals surface area contributed by atoms with Gasteiger partial charge in [-0.05, 0) is 56.4 Å². The number of amides is 2. The molecule has 2 aliphatic heterocycles. The van der Waals surface area contributed by atoms with Crippen LogP contribution in [0.25, 0.3) is 0 Å². The number of carbonyl (C=O) groups excluding carboxylic acids is 2. The maximum atomic E-state index is 12.9. The molecular weight excluding hydrogens is 336 g/mol. The third-order valence-electron chi connectivity index (χ3n) is 4.93. The Labute approximate surface area is 153 Å². The lowest BCUT2D eigenvalue weighted by Crippen LogP contribution is -2.49. The van der Waals surface area contributed by atoms with Gasteiger partial charge in [0.1, 0.15) is 6.04 Å². The normalized spacial score (nSPS) is 20.8. The second kappa shape index (κ2) is 8.72. The molecule has 3 rings (SSSR count). The van der Waals surface area contributed by atoms with Crippen molar-refractivity contribution >= 4 is 23.6 Å². The predicted molar refractivity (Wildman–Crippen MR) is 98.7 cm³/mol. The zero-order valence-corrected chi connectivity index (χ0v) is 15.3. The van der Waals surface area contributed by atoms with E-state index in [1.165, 1.54) is 6.42 Å². The zero-order chi connectivity index (χ0) is 17.6. The highest BCUT2D eigenvalue weighted by atomic mass is 32.2. The van der Waals surface area contributed by atoms with Crippen LogP contribution in [0.1, 0.15) is 42.5 Å². The summed E-state index contributed by atoms with van der Waals surface area (Å²) in [6.07, 6.45) is 4.99. The molecule has 2 fully saturated rings. The van der Waals surface area contributed by atoms with E-state index in [0.29, 0.717) is 17.9 Å². The van der Waals surface area contributed by atoms with E-state index in [1.54, 1.807) is 16.7 Å². The van der Waals surface area contributed by atoms with Crippen LogP contribution in [0.5, 0.6) is 0 Å². The minimum Gasteiger partial charge on any atom is -0.396 e. The largest absolute Gasteiger partial charge is 0.396 e. The average Bonchev–Trinajstić information content (AvgIpc) is 3.16. The third kappa shape index (κ3) is 4.36. The van der Waals surface area contributed by atoms with Crippen molar-refractivity contribution in [3.8, 4) is 0 Å². The van der Waals surface area contributed by atoms with E-state index in [2.05, 4.69) is 0 Å². The van der Waals surface area contributed by atoms with E-state index >= 15 is 0 Å². The molecule has 0 unspecified atom stereocenters. The lowest BCUT2D eigenvalue weighted by Gasteiger charge is -2.32. The molecule has 2 heterocycles. The molecule has 0 aromatic heterocycles. The van der Waals surface area contributed by atoms with Gasteiger partial charge in [-0.1, -0.05) is 0 Å². The molecule has 6 heteroatoms. The number of rotatable bonds is 5. The monoisotopic (exact) mass is 362 g/mol. The standard InChI is InChI=1S/C19H26N2O3S/c22-13-14-25-16-8-6-15(7-9-16)18(23)21-12-4-5-17(21)19(24)20-10-2-1-3-11-20/h6-9,17,22H,1-5,10-14H2/t17-/m0/s1. The van der Waals surface area contributed by atoms with Crippen LogP contribution in [0.15, 0.2) is 29.2 Å². The molecule has 0 spiro atoms. The van der Waals surface area contributed by atoms with Crippen molar-refractivity contribution in [2.75, 3.05) is 32.0 Å². The quantitative estimate of drug-likeness (QED) is 0.817. The van der Waals surface area contributed by atoms with Crippen LogP contribution in [0.2, 0.25) is 0 Å². The Morgan fingerprint density at radius 2 is 1.76 bits per heavy atom. The Balaban J connectivity index is 1.66. The first-order valence-electron chi connectivity index (χ1n) is 9.14. The van der Waals surface area contributed by atoms with Crippen molar-refractivity contribution in [3.05, 3.63) is 29.8 Å². The fourth-order valence-corrected chi connectivity index (χ4v) is 4.27. The predicted octanol–water partition coefficient (Wildman–Crippen LogP) is 2.39. The number of aliphatic hydroxyl groups is 1. The van der Waals surface area contributed by atoms with Gasteiger partial charge in [-0.2, -0.15) is 0 Å². The van der Waals surface area contributed by atoms with Crippen LogP contribution < -0.4 is 0 Å². The van der Waals surface area contributed by atoms with Gasteiger partial charge in [0.05, 0.1) is 6.61 Å². The Kier molecular flexibility index (Phi) is 6.37. The topological polar surface area (TPSA) is 60.9 Å². The van der Waals surface area contributed by atoms with Crippen LogP contribution in [0.4, 0.5) is 0 Å². The van der Waals surface area contributed by atoms with Crippen LogP contribution in [-0.2, 0) is 4.79 Å². The molecular formula is C19H26N2O3S. The molecule has 25 heavy (non-hydrogen) atoms. The maximum absolute atomic E-state index is 12.9. The first-order chi connectivity index (χ1) is 12.2.